The van der Waals surface area contributed by atoms with Crippen molar-refractivity contribution < 1.29 is 13.3 Å². The van der Waals surface area contributed by atoms with Crippen LogP contribution in [0, 0.1) is 17.0 Å². The van der Waals surface area contributed by atoms with E-state index in [2.05, 4.69) is 10.2 Å². The second-order valence-electron chi connectivity index (χ2n) is 4.14. The van der Waals surface area contributed by atoms with E-state index in [1.54, 1.807) is 13.0 Å². The van der Waals surface area contributed by atoms with Crippen molar-refractivity contribution in [2.24, 2.45) is 12.2 Å². The predicted octanol–water partition coefficient (Wildman–Crippen LogP) is 0.346. The summed E-state index contributed by atoms with van der Waals surface area (Å²) in [6.07, 6.45) is 0. The van der Waals surface area contributed by atoms with E-state index in [4.69, 9.17) is 5.14 Å². The van der Waals surface area contributed by atoms with Gasteiger partial charge in [-0.15, -0.1) is 10.2 Å². The number of sulfonamides is 1. The van der Waals surface area contributed by atoms with Crippen LogP contribution in [0.15, 0.2) is 23.4 Å². The van der Waals surface area contributed by atoms with E-state index in [1.807, 2.05) is 0 Å². The van der Waals surface area contributed by atoms with Crippen LogP contribution in [-0.4, -0.2) is 28.1 Å². The van der Waals surface area contributed by atoms with Crippen LogP contribution in [0.4, 0.5) is 5.69 Å². The van der Waals surface area contributed by atoms with Gasteiger partial charge in [-0.1, -0.05) is 12.1 Å². The number of hydrogen-bond donors (Lipinski definition) is 1. The molecule has 0 aliphatic rings. The van der Waals surface area contributed by atoms with E-state index in [0.29, 0.717) is 5.56 Å². The lowest BCUT2D eigenvalue weighted by atomic mass is 10.1. The second-order valence-corrected chi connectivity index (χ2v) is 5.59. The Morgan fingerprint density at radius 2 is 2.00 bits per heavy atom. The molecule has 0 spiro atoms. The zero-order valence-electron chi connectivity index (χ0n) is 10.6. The Morgan fingerprint density at radius 3 is 2.50 bits per heavy atom. The number of nitrogens with two attached hydrogens (primary N) is 1. The third kappa shape index (κ3) is 2.26. The molecule has 0 radical (unpaired) electrons. The highest BCUT2D eigenvalue weighted by Gasteiger charge is 2.25. The lowest BCUT2D eigenvalue weighted by Gasteiger charge is -2.06. The standard InChI is InChI=1S/C10H11N5O4S/c1-6-4-3-5-7(15(16)17)8(6)9-12-13-10(14(9)2)20(11,18)19/h3-5H,1-2H3,(H2,11,18,19). The minimum absolute atomic E-state index is 0.0684. The van der Waals surface area contributed by atoms with Gasteiger partial charge >= 0.3 is 0 Å². The number of nitro benzene ring substituents is 1. The molecule has 0 bridgehead atoms. The third-order valence-corrected chi connectivity index (χ3v) is 3.62. The highest BCUT2D eigenvalue weighted by molar-refractivity contribution is 7.89. The molecule has 0 saturated heterocycles. The molecule has 1 aromatic heterocycles. The fourth-order valence-electron chi connectivity index (χ4n) is 1.88. The van der Waals surface area contributed by atoms with Crippen LogP contribution in [-0.2, 0) is 17.1 Å². The molecule has 2 rings (SSSR count). The number of primary sulfonamides is 1. The molecule has 2 aromatic rings. The van der Waals surface area contributed by atoms with E-state index < -0.39 is 20.1 Å². The number of hydrogen-bond acceptors (Lipinski definition) is 6. The zero-order valence-corrected chi connectivity index (χ0v) is 11.5. The van der Waals surface area contributed by atoms with Crippen molar-refractivity contribution in [3.05, 3.63) is 33.9 Å². The fraction of sp³-hybridized carbons (Fsp3) is 0.200. The van der Waals surface area contributed by atoms with Crippen LogP contribution >= 0.6 is 0 Å². The summed E-state index contributed by atoms with van der Waals surface area (Å²) in [7, 11) is -2.67. The molecular formula is C10H11N5O4S. The number of benzene rings is 1. The molecule has 2 N–H and O–H groups in total. The quantitative estimate of drug-likeness (QED) is 0.641. The number of nitrogens with zero attached hydrogens (tertiary/aromatic N) is 4. The van der Waals surface area contributed by atoms with Crippen LogP contribution < -0.4 is 5.14 Å². The first-order valence-corrected chi connectivity index (χ1v) is 6.94. The smallest absolute Gasteiger partial charge is 0.280 e. The molecule has 0 saturated carbocycles. The molecule has 0 aliphatic heterocycles. The molecule has 20 heavy (non-hydrogen) atoms. The monoisotopic (exact) mass is 297 g/mol. The van der Waals surface area contributed by atoms with E-state index in [9.17, 15) is 18.5 Å². The molecule has 0 fully saturated rings. The Labute approximate surface area is 114 Å². The van der Waals surface area contributed by atoms with Gasteiger partial charge in [0.05, 0.1) is 10.5 Å². The predicted molar refractivity (Wildman–Crippen MR) is 69.2 cm³/mol. The Morgan fingerprint density at radius 1 is 1.35 bits per heavy atom. The molecule has 9 nitrogen and oxygen atoms in total. The van der Waals surface area contributed by atoms with E-state index in [1.165, 1.54) is 19.2 Å². The summed E-state index contributed by atoms with van der Waals surface area (Å²) in [5, 5.41) is 22.8. The van der Waals surface area contributed by atoms with Crippen molar-refractivity contribution >= 4 is 15.7 Å². The Bertz CT molecular complexity index is 796. The molecule has 0 unspecified atom stereocenters. The number of nitro groups is 1. The first-order valence-electron chi connectivity index (χ1n) is 5.40. The van der Waals surface area contributed by atoms with Gasteiger partial charge in [-0.25, -0.2) is 13.6 Å². The number of aromatic nitrogens is 3. The van der Waals surface area contributed by atoms with E-state index in [0.717, 1.165) is 4.57 Å². The molecular weight excluding hydrogens is 286 g/mol. The van der Waals surface area contributed by atoms with Crippen LogP contribution in [0.1, 0.15) is 5.56 Å². The first kappa shape index (κ1) is 14.1. The lowest BCUT2D eigenvalue weighted by Crippen LogP contribution is -2.17. The summed E-state index contributed by atoms with van der Waals surface area (Å²) in [6, 6.07) is 4.51. The summed E-state index contributed by atoms with van der Waals surface area (Å²) >= 11 is 0. The molecule has 0 atom stereocenters. The Balaban J connectivity index is 2.77. The summed E-state index contributed by atoms with van der Waals surface area (Å²) in [6.45, 7) is 1.66. The maximum absolute atomic E-state index is 11.3. The highest BCUT2D eigenvalue weighted by Crippen LogP contribution is 2.31. The van der Waals surface area contributed by atoms with Gasteiger partial charge in [-0.05, 0) is 12.5 Å². The SMILES string of the molecule is Cc1cccc([N+](=O)[O-])c1-c1nnc(S(N)(=O)=O)n1C. The Kier molecular flexibility index (Phi) is 3.28. The van der Waals surface area contributed by atoms with Gasteiger partial charge in [-0.2, -0.15) is 0 Å². The molecule has 10 heteroatoms. The fourth-order valence-corrected chi connectivity index (χ4v) is 2.50. The summed E-state index contributed by atoms with van der Waals surface area (Å²) in [5.41, 5.74) is 0.611. The summed E-state index contributed by atoms with van der Waals surface area (Å²) in [4.78, 5) is 10.5. The maximum atomic E-state index is 11.3. The van der Waals surface area contributed by atoms with Crippen LogP contribution in [0.2, 0.25) is 0 Å². The van der Waals surface area contributed by atoms with Crippen molar-refractivity contribution in [1.82, 2.24) is 14.8 Å². The molecule has 1 heterocycles. The van der Waals surface area contributed by atoms with Crippen molar-refractivity contribution in [2.45, 2.75) is 12.1 Å². The van der Waals surface area contributed by atoms with Crippen LogP contribution in [0.25, 0.3) is 11.4 Å². The van der Waals surface area contributed by atoms with Crippen molar-refractivity contribution in [3.63, 3.8) is 0 Å². The number of aryl methyl sites for hydroxylation is 1. The number of rotatable bonds is 3. The van der Waals surface area contributed by atoms with E-state index in [-0.39, 0.29) is 17.1 Å². The first-order chi connectivity index (χ1) is 9.23. The second kappa shape index (κ2) is 4.65. The topological polar surface area (TPSA) is 134 Å². The van der Waals surface area contributed by atoms with Crippen molar-refractivity contribution in [2.75, 3.05) is 0 Å². The minimum atomic E-state index is -4.05. The van der Waals surface area contributed by atoms with Gasteiger partial charge in [0.25, 0.3) is 20.9 Å². The van der Waals surface area contributed by atoms with Gasteiger partial charge in [0.15, 0.2) is 5.82 Å². The third-order valence-electron chi connectivity index (χ3n) is 2.76. The highest BCUT2D eigenvalue weighted by atomic mass is 32.2. The van der Waals surface area contributed by atoms with Crippen LogP contribution in [0.3, 0.4) is 0 Å². The average Bonchev–Trinajstić information content (AvgIpc) is 2.70. The average molecular weight is 297 g/mol. The lowest BCUT2D eigenvalue weighted by molar-refractivity contribution is -0.384. The van der Waals surface area contributed by atoms with Gasteiger partial charge in [0, 0.05) is 13.1 Å². The van der Waals surface area contributed by atoms with Crippen molar-refractivity contribution in [1.29, 1.82) is 0 Å². The zero-order chi connectivity index (χ0) is 15.1. The molecule has 1 aromatic carbocycles. The maximum Gasteiger partial charge on any atom is 0.280 e. The van der Waals surface area contributed by atoms with Gasteiger partial charge in [0.1, 0.15) is 0 Å². The van der Waals surface area contributed by atoms with Crippen molar-refractivity contribution in [3.8, 4) is 11.4 Å². The van der Waals surface area contributed by atoms with Crippen LogP contribution in [0.5, 0.6) is 0 Å². The van der Waals surface area contributed by atoms with E-state index >= 15 is 0 Å². The van der Waals surface area contributed by atoms with Gasteiger partial charge in [-0.3, -0.25) is 14.7 Å². The minimum Gasteiger partial charge on any atom is -0.300 e. The Hall–Kier alpha value is -2.33. The van der Waals surface area contributed by atoms with Gasteiger partial charge in [0.2, 0.25) is 0 Å². The largest absolute Gasteiger partial charge is 0.300 e. The van der Waals surface area contributed by atoms with Gasteiger partial charge < -0.3 is 0 Å². The normalized spacial score (nSPS) is 11.6. The molecule has 106 valence electrons. The molecule has 0 aliphatic carbocycles. The summed E-state index contributed by atoms with van der Waals surface area (Å²) < 4.78 is 23.8. The summed E-state index contributed by atoms with van der Waals surface area (Å²) in [5.74, 6) is 0.0684. The molecule has 0 amide bonds.